The van der Waals surface area contributed by atoms with Crippen molar-refractivity contribution in [3.8, 4) is 5.75 Å². The van der Waals surface area contributed by atoms with Gasteiger partial charge in [0, 0.05) is 25.7 Å². The molecule has 0 amide bonds. The molecular weight excluding hydrogens is 243 g/mol. The van der Waals surface area contributed by atoms with Crippen molar-refractivity contribution in [2.24, 2.45) is 5.92 Å². The number of nitrogens with zero attached hydrogens (tertiary/aromatic N) is 1. The molecule has 0 aliphatic heterocycles. The Labute approximate surface area is 114 Å². The molecule has 0 spiro atoms. The van der Waals surface area contributed by atoms with Gasteiger partial charge in [0.1, 0.15) is 0 Å². The number of hydrogen-bond donors (Lipinski definition) is 1. The van der Waals surface area contributed by atoms with Gasteiger partial charge in [0.25, 0.3) is 0 Å². The Morgan fingerprint density at radius 1 is 1.42 bits per heavy atom. The van der Waals surface area contributed by atoms with Gasteiger partial charge in [-0.05, 0) is 25.2 Å². The normalized spacial score (nSPS) is 15.1. The number of rotatable bonds is 6. The monoisotopic (exact) mass is 266 g/mol. The lowest BCUT2D eigenvalue weighted by atomic mass is 9.85. The third-order valence-corrected chi connectivity index (χ3v) is 3.71. The Hall–Kier alpha value is -1.45. The molecule has 3 nitrogen and oxygen atoms in total. The summed E-state index contributed by atoms with van der Waals surface area (Å²) in [6, 6.07) is 3.08. The van der Waals surface area contributed by atoms with Gasteiger partial charge in [-0.15, -0.1) is 0 Å². The lowest BCUT2D eigenvalue weighted by molar-refractivity contribution is 0.301. The Morgan fingerprint density at radius 2 is 2.16 bits per heavy atom. The third kappa shape index (κ3) is 3.31. The van der Waals surface area contributed by atoms with Crippen LogP contribution in [-0.2, 0) is 0 Å². The molecule has 1 aromatic rings. The summed E-state index contributed by atoms with van der Waals surface area (Å²) in [7, 11) is 2.01. The van der Waals surface area contributed by atoms with Crippen LogP contribution in [0.3, 0.4) is 0 Å². The fraction of sp³-hybridized carbons (Fsp3) is 0.600. The summed E-state index contributed by atoms with van der Waals surface area (Å²) in [6.45, 7) is 3.49. The van der Waals surface area contributed by atoms with Gasteiger partial charge in [0.2, 0.25) is 0 Å². The van der Waals surface area contributed by atoms with Crippen molar-refractivity contribution in [1.29, 1.82) is 0 Å². The lowest BCUT2D eigenvalue weighted by Crippen LogP contribution is -2.29. The largest absolute Gasteiger partial charge is 0.490 e. The van der Waals surface area contributed by atoms with E-state index in [0.717, 1.165) is 24.6 Å². The van der Waals surface area contributed by atoms with Gasteiger partial charge in [-0.2, -0.15) is 0 Å². The third-order valence-electron chi connectivity index (χ3n) is 3.71. The van der Waals surface area contributed by atoms with Gasteiger partial charge >= 0.3 is 0 Å². The number of anilines is 2. The average molecular weight is 266 g/mol. The molecule has 1 saturated carbocycles. The fourth-order valence-electron chi connectivity index (χ4n) is 2.37. The average Bonchev–Trinajstić information content (AvgIpc) is 2.32. The number of hydrogen-bond acceptors (Lipinski definition) is 3. The van der Waals surface area contributed by atoms with E-state index in [4.69, 9.17) is 10.5 Å². The summed E-state index contributed by atoms with van der Waals surface area (Å²) in [5, 5.41) is 0. The molecule has 0 aromatic heterocycles. The minimum Gasteiger partial charge on any atom is -0.490 e. The Morgan fingerprint density at radius 3 is 2.74 bits per heavy atom. The van der Waals surface area contributed by atoms with E-state index in [0.29, 0.717) is 18.0 Å². The van der Waals surface area contributed by atoms with Crippen LogP contribution in [0.25, 0.3) is 0 Å². The maximum Gasteiger partial charge on any atom is 0.167 e. The zero-order valence-corrected chi connectivity index (χ0v) is 11.8. The second-order valence-corrected chi connectivity index (χ2v) is 5.37. The van der Waals surface area contributed by atoms with Crippen molar-refractivity contribution in [3.05, 3.63) is 17.9 Å². The van der Waals surface area contributed by atoms with Crippen molar-refractivity contribution in [1.82, 2.24) is 0 Å². The fourth-order valence-corrected chi connectivity index (χ4v) is 2.37. The van der Waals surface area contributed by atoms with Crippen LogP contribution in [0, 0.1) is 11.7 Å². The first-order chi connectivity index (χ1) is 9.11. The molecule has 0 heterocycles. The van der Waals surface area contributed by atoms with Crippen molar-refractivity contribution in [2.75, 3.05) is 30.8 Å². The van der Waals surface area contributed by atoms with Crippen LogP contribution in [0.5, 0.6) is 5.75 Å². The van der Waals surface area contributed by atoms with E-state index < -0.39 is 0 Å². The summed E-state index contributed by atoms with van der Waals surface area (Å²) in [5.41, 5.74) is 7.25. The first-order valence-corrected chi connectivity index (χ1v) is 7.04. The van der Waals surface area contributed by atoms with Gasteiger partial charge in [-0.25, -0.2) is 4.39 Å². The minimum absolute atomic E-state index is 0.298. The zero-order chi connectivity index (χ0) is 13.8. The molecule has 4 heteroatoms. The van der Waals surface area contributed by atoms with Gasteiger partial charge in [0.05, 0.1) is 18.0 Å². The molecule has 1 aliphatic rings. The van der Waals surface area contributed by atoms with Gasteiger partial charge in [-0.3, -0.25) is 0 Å². The molecule has 19 heavy (non-hydrogen) atoms. The zero-order valence-electron chi connectivity index (χ0n) is 11.8. The van der Waals surface area contributed by atoms with Crippen molar-refractivity contribution in [2.45, 2.75) is 32.6 Å². The first-order valence-electron chi connectivity index (χ1n) is 7.04. The Balaban J connectivity index is 2.12. The van der Waals surface area contributed by atoms with Crippen LogP contribution < -0.4 is 15.4 Å². The molecule has 106 valence electrons. The molecule has 0 unspecified atom stereocenters. The highest BCUT2D eigenvalue weighted by Crippen LogP contribution is 2.33. The summed E-state index contributed by atoms with van der Waals surface area (Å²) in [6.07, 6.45) is 4.74. The van der Waals surface area contributed by atoms with Crippen LogP contribution >= 0.6 is 0 Å². The molecule has 1 aliphatic carbocycles. The van der Waals surface area contributed by atoms with Crippen molar-refractivity contribution >= 4 is 11.4 Å². The van der Waals surface area contributed by atoms with Crippen molar-refractivity contribution in [3.63, 3.8) is 0 Å². The topological polar surface area (TPSA) is 38.5 Å². The van der Waals surface area contributed by atoms with Crippen molar-refractivity contribution < 1.29 is 9.13 Å². The van der Waals surface area contributed by atoms with E-state index >= 15 is 0 Å². The SMILES string of the molecule is CCCOc1cc(N(C)CC2CCC2)c(N)cc1F. The standard InChI is InChI=1S/C15H23FN2O/c1-3-7-19-15-9-14(13(17)8-12(15)16)18(2)10-11-5-4-6-11/h8-9,11H,3-7,10,17H2,1-2H3. The smallest absolute Gasteiger partial charge is 0.167 e. The second-order valence-electron chi connectivity index (χ2n) is 5.37. The van der Waals surface area contributed by atoms with E-state index in [1.165, 1.54) is 25.3 Å². The maximum atomic E-state index is 13.7. The first kappa shape index (κ1) is 14.0. The van der Waals surface area contributed by atoms with Crippen LogP contribution in [-0.4, -0.2) is 20.2 Å². The quantitative estimate of drug-likeness (QED) is 0.802. The molecular formula is C15H23FN2O. The Kier molecular flexibility index (Phi) is 4.51. The predicted molar refractivity (Wildman–Crippen MR) is 77.2 cm³/mol. The highest BCUT2D eigenvalue weighted by molar-refractivity contribution is 5.69. The highest BCUT2D eigenvalue weighted by atomic mass is 19.1. The molecule has 0 bridgehead atoms. The number of ether oxygens (including phenoxy) is 1. The minimum atomic E-state index is -0.383. The summed E-state index contributed by atoms with van der Waals surface area (Å²) < 4.78 is 19.2. The van der Waals surface area contributed by atoms with Gasteiger partial charge in [0.15, 0.2) is 11.6 Å². The summed E-state index contributed by atoms with van der Waals surface area (Å²) >= 11 is 0. The van der Waals surface area contributed by atoms with Crippen LogP contribution in [0.1, 0.15) is 32.6 Å². The van der Waals surface area contributed by atoms with Crippen LogP contribution in [0.2, 0.25) is 0 Å². The molecule has 0 atom stereocenters. The molecule has 0 saturated heterocycles. The molecule has 1 aromatic carbocycles. The second kappa shape index (κ2) is 6.13. The van der Waals surface area contributed by atoms with Gasteiger partial charge < -0.3 is 15.4 Å². The summed E-state index contributed by atoms with van der Waals surface area (Å²) in [5.74, 6) is 0.660. The number of nitrogens with two attached hydrogens (primary N) is 1. The highest BCUT2D eigenvalue weighted by Gasteiger charge is 2.21. The molecule has 2 rings (SSSR count). The van der Waals surface area contributed by atoms with E-state index in [1.807, 2.05) is 14.0 Å². The maximum absolute atomic E-state index is 13.7. The molecule has 1 fully saturated rings. The van der Waals surface area contributed by atoms with E-state index in [9.17, 15) is 4.39 Å². The summed E-state index contributed by atoms with van der Waals surface area (Å²) in [4.78, 5) is 2.11. The molecule has 2 N–H and O–H groups in total. The number of nitrogen functional groups attached to an aromatic ring is 1. The van der Waals surface area contributed by atoms with Gasteiger partial charge in [-0.1, -0.05) is 13.3 Å². The van der Waals surface area contributed by atoms with E-state index in [2.05, 4.69) is 4.90 Å². The lowest BCUT2D eigenvalue weighted by Gasteiger charge is -2.32. The predicted octanol–water partition coefficient (Wildman–Crippen LogP) is 3.43. The van der Waals surface area contributed by atoms with Crippen LogP contribution in [0.15, 0.2) is 12.1 Å². The van der Waals surface area contributed by atoms with E-state index in [1.54, 1.807) is 6.07 Å². The number of halogens is 1. The Bertz CT molecular complexity index is 432. The van der Waals surface area contributed by atoms with E-state index in [-0.39, 0.29) is 5.82 Å². The molecule has 0 radical (unpaired) electrons. The number of benzene rings is 1. The van der Waals surface area contributed by atoms with Crippen LogP contribution in [0.4, 0.5) is 15.8 Å².